The van der Waals surface area contributed by atoms with Gasteiger partial charge in [0, 0.05) is 46.5 Å². The van der Waals surface area contributed by atoms with Gasteiger partial charge in [0.15, 0.2) is 0 Å². The molecule has 148 valence electrons. The van der Waals surface area contributed by atoms with Crippen LogP contribution in [-0.4, -0.2) is 27.6 Å². The molecule has 3 aromatic heterocycles. The fraction of sp³-hybridized carbons (Fsp3) is 0.120. The lowest BCUT2D eigenvalue weighted by Gasteiger charge is -2.13. The number of ether oxygens (including phenoxy) is 1. The van der Waals surface area contributed by atoms with E-state index >= 15 is 0 Å². The highest BCUT2D eigenvalue weighted by Crippen LogP contribution is 2.25. The van der Waals surface area contributed by atoms with Gasteiger partial charge in [-0.2, -0.15) is 0 Å². The molecular formula is C25H22N4O. The summed E-state index contributed by atoms with van der Waals surface area (Å²) >= 11 is 0. The van der Waals surface area contributed by atoms with Gasteiger partial charge in [-0.3, -0.25) is 9.97 Å². The van der Waals surface area contributed by atoms with Gasteiger partial charge in [0.25, 0.3) is 0 Å². The number of fused-ring (bicyclic) bond motifs is 2. The van der Waals surface area contributed by atoms with Gasteiger partial charge in [0.2, 0.25) is 0 Å². The molecular weight excluding hydrogens is 372 g/mol. The average Bonchev–Trinajstić information content (AvgIpc) is 3.20. The Balaban J connectivity index is 1.30. The van der Waals surface area contributed by atoms with Crippen LogP contribution in [0.3, 0.4) is 0 Å². The zero-order chi connectivity index (χ0) is 20.3. The molecule has 0 spiro atoms. The number of hydrogen-bond acceptors (Lipinski definition) is 4. The molecule has 3 N–H and O–H groups in total. The van der Waals surface area contributed by atoms with E-state index < -0.39 is 0 Å². The van der Waals surface area contributed by atoms with Crippen molar-refractivity contribution in [2.24, 2.45) is 5.73 Å². The molecule has 5 rings (SSSR count). The molecule has 0 bridgehead atoms. The van der Waals surface area contributed by atoms with Crippen molar-refractivity contribution in [3.8, 4) is 16.9 Å². The lowest BCUT2D eigenvalue weighted by Crippen LogP contribution is -2.30. The van der Waals surface area contributed by atoms with Crippen LogP contribution in [0.5, 0.6) is 5.75 Å². The number of nitrogens with two attached hydrogens (primary N) is 1. The summed E-state index contributed by atoms with van der Waals surface area (Å²) in [5.74, 6) is 0.722. The number of nitrogens with one attached hydrogen (secondary N) is 1. The highest BCUT2D eigenvalue weighted by Gasteiger charge is 2.10. The van der Waals surface area contributed by atoms with Crippen molar-refractivity contribution in [2.75, 3.05) is 6.61 Å². The van der Waals surface area contributed by atoms with Crippen LogP contribution in [0.2, 0.25) is 0 Å². The predicted octanol–water partition coefficient (Wildman–Crippen LogP) is 4.73. The molecule has 0 fully saturated rings. The van der Waals surface area contributed by atoms with Crippen molar-refractivity contribution in [3.05, 3.63) is 91.0 Å². The number of hydrogen-bond donors (Lipinski definition) is 2. The maximum atomic E-state index is 6.35. The quantitative estimate of drug-likeness (QED) is 0.437. The monoisotopic (exact) mass is 394 g/mol. The second-order valence-corrected chi connectivity index (χ2v) is 7.45. The van der Waals surface area contributed by atoms with Crippen molar-refractivity contribution < 1.29 is 4.74 Å². The summed E-state index contributed by atoms with van der Waals surface area (Å²) in [7, 11) is 0. The molecule has 0 aliphatic carbocycles. The van der Waals surface area contributed by atoms with Crippen LogP contribution in [0.1, 0.15) is 5.56 Å². The standard InChI is InChI=1S/C25H22N4O/c26-21(11-20-14-28-25-6-2-1-5-23(20)25)16-30-22-12-19-10-17(7-8-24(19)29-15-22)18-4-3-9-27-13-18/h1-10,12-15,21,28H,11,16,26H2/t21-/m1/s1. The van der Waals surface area contributed by atoms with Crippen LogP contribution >= 0.6 is 0 Å². The zero-order valence-electron chi connectivity index (χ0n) is 16.5. The fourth-order valence-corrected chi connectivity index (χ4v) is 3.75. The highest BCUT2D eigenvalue weighted by atomic mass is 16.5. The zero-order valence-corrected chi connectivity index (χ0v) is 16.5. The van der Waals surface area contributed by atoms with Crippen molar-refractivity contribution in [3.63, 3.8) is 0 Å². The Morgan fingerprint density at radius 2 is 1.90 bits per heavy atom. The first-order valence-electron chi connectivity index (χ1n) is 10.00. The predicted molar refractivity (Wildman–Crippen MR) is 120 cm³/mol. The molecule has 0 unspecified atom stereocenters. The topological polar surface area (TPSA) is 76.8 Å². The first-order valence-corrected chi connectivity index (χ1v) is 10.00. The van der Waals surface area contributed by atoms with Crippen molar-refractivity contribution in [1.29, 1.82) is 0 Å². The Morgan fingerprint density at radius 3 is 2.80 bits per heavy atom. The van der Waals surface area contributed by atoms with E-state index in [1.165, 1.54) is 10.9 Å². The second kappa shape index (κ2) is 7.97. The number of H-pyrrole nitrogens is 1. The minimum absolute atomic E-state index is 0.110. The first-order chi connectivity index (χ1) is 14.8. The third kappa shape index (κ3) is 3.75. The second-order valence-electron chi connectivity index (χ2n) is 7.45. The summed E-state index contributed by atoms with van der Waals surface area (Å²) in [4.78, 5) is 12.0. The largest absolute Gasteiger partial charge is 0.490 e. The van der Waals surface area contributed by atoms with E-state index in [0.29, 0.717) is 6.61 Å². The Labute approximate surface area is 174 Å². The Kier molecular flexibility index (Phi) is 4.87. The van der Waals surface area contributed by atoms with Crippen LogP contribution in [0.25, 0.3) is 32.9 Å². The number of benzene rings is 2. The van der Waals surface area contributed by atoms with Crippen LogP contribution in [-0.2, 0) is 6.42 Å². The van der Waals surface area contributed by atoms with Crippen LogP contribution < -0.4 is 10.5 Å². The highest BCUT2D eigenvalue weighted by molar-refractivity contribution is 5.85. The normalized spacial score (nSPS) is 12.3. The molecule has 0 amide bonds. The van der Waals surface area contributed by atoms with Gasteiger partial charge in [0.1, 0.15) is 12.4 Å². The number of rotatable bonds is 6. The van der Waals surface area contributed by atoms with Gasteiger partial charge in [-0.25, -0.2) is 0 Å². The summed E-state index contributed by atoms with van der Waals surface area (Å²) in [6.07, 6.45) is 8.17. The third-order valence-corrected chi connectivity index (χ3v) is 5.27. The molecule has 5 heteroatoms. The van der Waals surface area contributed by atoms with Crippen molar-refractivity contribution in [2.45, 2.75) is 12.5 Å². The molecule has 0 radical (unpaired) electrons. The Bertz CT molecular complexity index is 1300. The SMILES string of the molecule is N[C@@H](COc1cnc2ccc(-c3cccnc3)cc2c1)Cc1c[nH]c2ccccc12. The van der Waals surface area contributed by atoms with E-state index in [4.69, 9.17) is 10.5 Å². The smallest absolute Gasteiger partial charge is 0.138 e. The Morgan fingerprint density at radius 1 is 0.967 bits per heavy atom. The van der Waals surface area contributed by atoms with Gasteiger partial charge in [-0.1, -0.05) is 30.3 Å². The van der Waals surface area contributed by atoms with Crippen LogP contribution in [0.15, 0.2) is 85.5 Å². The van der Waals surface area contributed by atoms with Crippen LogP contribution in [0.4, 0.5) is 0 Å². The summed E-state index contributed by atoms with van der Waals surface area (Å²) in [5, 5.41) is 2.24. The van der Waals surface area contributed by atoms with E-state index in [2.05, 4.69) is 39.2 Å². The molecule has 5 aromatic rings. The van der Waals surface area contributed by atoms with E-state index in [1.807, 2.05) is 48.8 Å². The van der Waals surface area contributed by atoms with Gasteiger partial charge < -0.3 is 15.5 Å². The molecule has 0 saturated carbocycles. The van der Waals surface area contributed by atoms with Gasteiger partial charge in [0.05, 0.1) is 11.7 Å². The van der Waals surface area contributed by atoms with Crippen LogP contribution in [0, 0.1) is 0 Å². The summed E-state index contributed by atoms with van der Waals surface area (Å²) in [6.45, 7) is 0.426. The van der Waals surface area contributed by atoms with Gasteiger partial charge in [-0.05, 0) is 47.9 Å². The number of aromatic nitrogens is 3. The molecule has 0 aliphatic rings. The fourth-order valence-electron chi connectivity index (χ4n) is 3.75. The molecule has 2 aromatic carbocycles. The number of aromatic amines is 1. The maximum absolute atomic E-state index is 6.35. The van der Waals surface area contributed by atoms with E-state index in [0.717, 1.165) is 39.7 Å². The molecule has 0 aliphatic heterocycles. The molecule has 30 heavy (non-hydrogen) atoms. The lowest BCUT2D eigenvalue weighted by molar-refractivity contribution is 0.287. The number of para-hydroxylation sites is 1. The van der Waals surface area contributed by atoms with E-state index in [9.17, 15) is 0 Å². The summed E-state index contributed by atoms with van der Waals surface area (Å²) in [6, 6.07) is 20.3. The van der Waals surface area contributed by atoms with E-state index in [-0.39, 0.29) is 6.04 Å². The van der Waals surface area contributed by atoms with Crippen molar-refractivity contribution >= 4 is 21.8 Å². The maximum Gasteiger partial charge on any atom is 0.138 e. The summed E-state index contributed by atoms with van der Waals surface area (Å²) in [5.41, 5.74) is 11.8. The molecule has 1 atom stereocenters. The first kappa shape index (κ1) is 18.3. The molecule has 3 heterocycles. The summed E-state index contributed by atoms with van der Waals surface area (Å²) < 4.78 is 5.97. The molecule has 5 nitrogen and oxygen atoms in total. The lowest BCUT2D eigenvalue weighted by atomic mass is 10.0. The third-order valence-electron chi connectivity index (χ3n) is 5.27. The van der Waals surface area contributed by atoms with Crippen molar-refractivity contribution in [1.82, 2.24) is 15.0 Å². The number of nitrogens with zero attached hydrogens (tertiary/aromatic N) is 2. The van der Waals surface area contributed by atoms with Gasteiger partial charge in [-0.15, -0.1) is 0 Å². The molecule has 0 saturated heterocycles. The van der Waals surface area contributed by atoms with E-state index in [1.54, 1.807) is 12.4 Å². The minimum Gasteiger partial charge on any atom is -0.490 e. The number of pyridine rings is 2. The Hall–Kier alpha value is -3.70. The van der Waals surface area contributed by atoms with Gasteiger partial charge >= 0.3 is 0 Å². The minimum atomic E-state index is -0.110. The average molecular weight is 394 g/mol.